The van der Waals surface area contributed by atoms with E-state index in [-0.39, 0.29) is 65.3 Å². The number of aromatic nitrogens is 3. The number of amides is 4. The Balaban J connectivity index is 0.886. The van der Waals surface area contributed by atoms with Crippen LogP contribution >= 0.6 is 11.3 Å². The topological polar surface area (TPSA) is 245 Å². The number of β-amino-alcohol motifs (C(OH)–C–C–N with tert-alkyl or cyclic N) is 1. The third kappa shape index (κ3) is 17.2. The van der Waals surface area contributed by atoms with Gasteiger partial charge in [-0.25, -0.2) is 18.2 Å². The highest BCUT2D eigenvalue weighted by Gasteiger charge is 2.44. The molecular formula is C61H81N9O11S2. The lowest BCUT2D eigenvalue weighted by atomic mass is 9.85. The van der Waals surface area contributed by atoms with Gasteiger partial charge in [0, 0.05) is 76.4 Å². The Bertz CT molecular complexity index is 3390. The number of rotatable bonds is 29. The fourth-order valence-electron chi connectivity index (χ4n) is 9.79. The highest BCUT2D eigenvalue weighted by Crippen LogP contribution is 2.38. The number of ether oxygens (including phenoxy) is 3. The molecule has 6 aromatic rings. The molecular weight excluding hydrogens is 1100 g/mol. The molecule has 0 aliphatic carbocycles. The number of sulfonamides is 1. The molecule has 83 heavy (non-hydrogen) atoms. The Morgan fingerprint density at radius 2 is 1.52 bits per heavy atom. The zero-order valence-electron chi connectivity index (χ0n) is 49.2. The van der Waals surface area contributed by atoms with Crippen LogP contribution < -0.4 is 40.6 Å². The van der Waals surface area contributed by atoms with Crippen molar-refractivity contribution < 1.29 is 46.9 Å². The van der Waals surface area contributed by atoms with Gasteiger partial charge in [0.2, 0.25) is 17.7 Å². The summed E-state index contributed by atoms with van der Waals surface area (Å²) in [4.78, 5) is 76.2. The second-order valence-corrected chi connectivity index (χ2v) is 25.1. The number of thiazole rings is 1. The number of benzene rings is 4. The molecule has 4 amide bonds. The fourth-order valence-corrected chi connectivity index (χ4v) is 11.7. The SMILES string of the molecule is CCCOc1cc(OCCCCN(C)C)cc(Oc2cc3c(cc2NS(=O)(=O)c2cccc(C(=O)NCCCCCCCC(=O)N[C@H](C(=O)N4C[C@H](O)C[C@H]4C(=O)NCc4ccc(-c5scnc5C)cc4)C(C)(C)C)c2)n(C)c(=O)n3C)c1. The van der Waals surface area contributed by atoms with E-state index >= 15 is 0 Å². The molecule has 0 spiro atoms. The quantitative estimate of drug-likeness (QED) is 0.0278. The maximum atomic E-state index is 14.2. The van der Waals surface area contributed by atoms with Gasteiger partial charge in [-0.05, 0) is 100 Å². The van der Waals surface area contributed by atoms with Gasteiger partial charge in [-0.3, -0.25) is 33.0 Å². The van der Waals surface area contributed by atoms with Gasteiger partial charge in [0.1, 0.15) is 29.3 Å². The average molecular weight is 1180 g/mol. The predicted molar refractivity (Wildman–Crippen MR) is 323 cm³/mol. The fraction of sp³-hybridized carbons (Fsp3) is 0.475. The van der Waals surface area contributed by atoms with Crippen LogP contribution in [0.25, 0.3) is 21.5 Å². The molecule has 0 saturated carbocycles. The number of unbranched alkanes of at least 4 members (excludes halogenated alkanes) is 5. The third-order valence-electron chi connectivity index (χ3n) is 14.4. The first-order chi connectivity index (χ1) is 39.5. The van der Waals surface area contributed by atoms with Crippen LogP contribution in [0, 0.1) is 12.3 Å². The van der Waals surface area contributed by atoms with E-state index in [1.807, 2.05) is 73.0 Å². The Morgan fingerprint density at radius 1 is 0.843 bits per heavy atom. The molecule has 1 aliphatic heterocycles. The van der Waals surface area contributed by atoms with Gasteiger partial charge in [0.15, 0.2) is 5.75 Å². The number of hydrogen-bond acceptors (Lipinski definition) is 14. The molecule has 1 aliphatic rings. The number of aryl methyl sites for hydroxylation is 3. The summed E-state index contributed by atoms with van der Waals surface area (Å²) in [5.41, 5.74) is 4.83. The number of aliphatic hydroxyl groups excluding tert-OH is 1. The molecule has 0 radical (unpaired) electrons. The van der Waals surface area contributed by atoms with E-state index in [4.69, 9.17) is 14.2 Å². The highest BCUT2D eigenvalue weighted by atomic mass is 32.2. The molecule has 3 heterocycles. The first-order valence-corrected chi connectivity index (χ1v) is 30.8. The maximum absolute atomic E-state index is 14.2. The summed E-state index contributed by atoms with van der Waals surface area (Å²) in [5, 5.41) is 19.4. The minimum absolute atomic E-state index is 0.0208. The number of anilines is 1. The third-order valence-corrected chi connectivity index (χ3v) is 16.8. The molecule has 3 atom stereocenters. The number of nitrogens with zero attached hydrogens (tertiary/aromatic N) is 5. The Hall–Kier alpha value is -7.27. The summed E-state index contributed by atoms with van der Waals surface area (Å²) in [6.45, 7) is 11.9. The Morgan fingerprint density at radius 3 is 2.19 bits per heavy atom. The molecule has 2 aromatic heterocycles. The summed E-state index contributed by atoms with van der Waals surface area (Å²) >= 11 is 1.56. The van der Waals surface area contributed by atoms with Crippen molar-refractivity contribution >= 4 is 61.7 Å². The van der Waals surface area contributed by atoms with Crippen molar-refractivity contribution in [2.24, 2.45) is 19.5 Å². The molecule has 20 nitrogen and oxygen atoms in total. The van der Waals surface area contributed by atoms with Crippen molar-refractivity contribution in [3.63, 3.8) is 0 Å². The lowest BCUT2D eigenvalue weighted by Crippen LogP contribution is -2.57. The van der Waals surface area contributed by atoms with E-state index in [1.165, 1.54) is 44.4 Å². The average Bonchev–Trinajstić information content (AvgIpc) is 3.16. The van der Waals surface area contributed by atoms with Crippen LogP contribution in [0.5, 0.6) is 23.0 Å². The molecule has 7 rings (SSSR count). The van der Waals surface area contributed by atoms with E-state index in [0.717, 1.165) is 66.8 Å². The second-order valence-electron chi connectivity index (χ2n) is 22.5. The molecule has 5 N–H and O–H groups in total. The van der Waals surface area contributed by atoms with Gasteiger partial charge >= 0.3 is 5.69 Å². The molecule has 448 valence electrons. The molecule has 0 unspecified atom stereocenters. The van der Waals surface area contributed by atoms with Crippen molar-refractivity contribution in [3.8, 4) is 33.4 Å². The van der Waals surface area contributed by atoms with Crippen molar-refractivity contribution in [1.29, 1.82) is 0 Å². The number of nitrogens with one attached hydrogen (secondary N) is 4. The van der Waals surface area contributed by atoms with Gasteiger partial charge in [-0.2, -0.15) is 0 Å². The number of hydrogen-bond donors (Lipinski definition) is 5. The summed E-state index contributed by atoms with van der Waals surface area (Å²) < 4.78 is 52.4. The highest BCUT2D eigenvalue weighted by molar-refractivity contribution is 7.92. The van der Waals surface area contributed by atoms with Gasteiger partial charge in [-0.15, -0.1) is 11.3 Å². The number of carbonyl (C=O) groups is 4. The number of imidazole rings is 1. The van der Waals surface area contributed by atoms with Crippen molar-refractivity contribution in [3.05, 3.63) is 112 Å². The zero-order chi connectivity index (χ0) is 60.0. The summed E-state index contributed by atoms with van der Waals surface area (Å²) in [6, 6.07) is 20.0. The number of aliphatic hydroxyl groups is 1. The smallest absolute Gasteiger partial charge is 0.328 e. The summed E-state index contributed by atoms with van der Waals surface area (Å²) in [7, 11) is 2.91. The van der Waals surface area contributed by atoms with Crippen LogP contribution in [0.2, 0.25) is 0 Å². The second kappa shape index (κ2) is 28.8. The van der Waals surface area contributed by atoms with Gasteiger partial charge in [-0.1, -0.05) is 77.3 Å². The molecule has 1 saturated heterocycles. The van der Waals surface area contributed by atoms with E-state index < -0.39 is 45.4 Å². The van der Waals surface area contributed by atoms with Crippen LogP contribution in [0.4, 0.5) is 5.69 Å². The summed E-state index contributed by atoms with van der Waals surface area (Å²) in [6.07, 6.45) is 5.40. The van der Waals surface area contributed by atoms with Crippen molar-refractivity contribution in [1.82, 2.24) is 39.9 Å². The van der Waals surface area contributed by atoms with Gasteiger partial charge in [0.05, 0.1) is 57.0 Å². The van der Waals surface area contributed by atoms with E-state index in [1.54, 1.807) is 55.2 Å². The van der Waals surface area contributed by atoms with E-state index in [2.05, 4.69) is 30.6 Å². The standard InChI is InChI=1S/C61H81N9O11S2/c1-10-28-79-45-32-46(80-29-17-16-27-67(6)7)34-47(33-45)81-53-36-51-50(68(8)60(76)69(51)9)35-49(53)66-83(77,78)48-20-18-19-43(30-48)57(73)62-26-15-13-11-12-14-21-54(72)65-56(61(3,4)5)59(75)70-38-44(71)31-52(70)58(74)63-37-41-22-24-42(25-23-41)55-40(2)64-39-82-55/h18-20,22-25,30,32-36,39,44,52,56,66,71H,10-17,21,26-29,31,37-38H2,1-9H3,(H,62,73)(H,63,74)(H,65,72)/t44-,52+,56-/m1/s1. The zero-order valence-corrected chi connectivity index (χ0v) is 50.8. The monoisotopic (exact) mass is 1180 g/mol. The normalized spacial score (nSPS) is 14.9. The summed E-state index contributed by atoms with van der Waals surface area (Å²) in [5.74, 6) is -0.0856. The van der Waals surface area contributed by atoms with Crippen LogP contribution in [0.1, 0.15) is 114 Å². The number of carbonyl (C=O) groups excluding carboxylic acids is 4. The van der Waals surface area contributed by atoms with Crippen LogP contribution in [-0.4, -0.2) is 126 Å². The minimum atomic E-state index is -4.34. The maximum Gasteiger partial charge on any atom is 0.328 e. The molecule has 1 fully saturated rings. The lowest BCUT2D eigenvalue weighted by molar-refractivity contribution is -0.144. The van der Waals surface area contributed by atoms with E-state index in [9.17, 15) is 37.5 Å². The Labute approximate surface area is 491 Å². The van der Waals surface area contributed by atoms with Gasteiger partial charge in [0.25, 0.3) is 15.9 Å². The number of likely N-dealkylation sites (tertiary alicyclic amines) is 1. The van der Waals surface area contributed by atoms with Crippen LogP contribution in [0.15, 0.2) is 94.1 Å². The molecule has 0 bridgehead atoms. The predicted octanol–water partition coefficient (Wildman–Crippen LogP) is 8.29. The van der Waals surface area contributed by atoms with Crippen molar-refractivity contribution in [2.45, 2.75) is 128 Å². The lowest BCUT2D eigenvalue weighted by Gasteiger charge is -2.35. The van der Waals surface area contributed by atoms with Gasteiger partial charge < -0.3 is 45.1 Å². The largest absolute Gasteiger partial charge is 0.493 e. The molecule has 22 heteroatoms. The van der Waals surface area contributed by atoms with E-state index in [0.29, 0.717) is 60.9 Å². The molecule has 4 aromatic carbocycles. The first kappa shape index (κ1) is 63.3. The van der Waals surface area contributed by atoms with Crippen LogP contribution in [0.3, 0.4) is 0 Å². The Kier molecular flexibility index (Phi) is 22.0. The minimum Gasteiger partial charge on any atom is -0.493 e. The first-order valence-electron chi connectivity index (χ1n) is 28.4. The van der Waals surface area contributed by atoms with Crippen LogP contribution in [-0.2, 0) is 45.0 Å². The number of fused-ring (bicyclic) bond motifs is 1. The van der Waals surface area contributed by atoms with Crippen molar-refractivity contribution in [2.75, 3.05) is 51.7 Å².